The lowest BCUT2D eigenvalue weighted by molar-refractivity contribution is 0.0521. The van der Waals surface area contributed by atoms with E-state index in [9.17, 15) is 13.2 Å². The van der Waals surface area contributed by atoms with Gasteiger partial charge in [0.15, 0.2) is 5.03 Å². The summed E-state index contributed by atoms with van der Waals surface area (Å²) < 4.78 is 30.9. The van der Waals surface area contributed by atoms with Crippen molar-refractivity contribution in [2.45, 2.75) is 11.9 Å². The Balaban J connectivity index is 3.34. The second kappa shape index (κ2) is 4.84. The van der Waals surface area contributed by atoms with E-state index in [1.165, 1.54) is 27.3 Å². The van der Waals surface area contributed by atoms with E-state index in [0.29, 0.717) is 0 Å². The Morgan fingerprint density at radius 2 is 2.12 bits per heavy atom. The third kappa shape index (κ3) is 2.47. The highest BCUT2D eigenvalue weighted by molar-refractivity contribution is 7.89. The van der Waals surface area contributed by atoms with E-state index < -0.39 is 16.0 Å². The first-order valence-electron chi connectivity index (χ1n) is 4.94. The first-order valence-corrected chi connectivity index (χ1v) is 6.38. The summed E-state index contributed by atoms with van der Waals surface area (Å²) in [6.45, 7) is 1.82. The number of hydrogen-bond acceptors (Lipinski definition) is 5. The number of hydrogen-bond donors (Lipinski definition) is 0. The van der Waals surface area contributed by atoms with Crippen LogP contribution in [0.4, 0.5) is 0 Å². The molecule has 0 radical (unpaired) electrons. The zero-order valence-electron chi connectivity index (χ0n) is 10.2. The van der Waals surface area contributed by atoms with Crippen molar-refractivity contribution in [3.63, 3.8) is 0 Å². The van der Waals surface area contributed by atoms with Crippen molar-refractivity contribution >= 4 is 16.0 Å². The highest BCUT2D eigenvalue weighted by atomic mass is 32.2. The normalized spacial score (nSPS) is 11.8. The molecule has 0 saturated carbocycles. The van der Waals surface area contributed by atoms with Gasteiger partial charge in [-0.3, -0.25) is 4.68 Å². The van der Waals surface area contributed by atoms with Crippen LogP contribution in [0.5, 0.6) is 0 Å². The smallest absolute Gasteiger partial charge is 0.342 e. The van der Waals surface area contributed by atoms with Gasteiger partial charge < -0.3 is 4.74 Å². The summed E-state index contributed by atoms with van der Waals surface area (Å²) in [4.78, 5) is 11.6. The first-order chi connectivity index (χ1) is 7.82. The van der Waals surface area contributed by atoms with Crippen LogP contribution in [-0.2, 0) is 21.8 Å². The van der Waals surface area contributed by atoms with Gasteiger partial charge in [-0.2, -0.15) is 5.10 Å². The third-order valence-electron chi connectivity index (χ3n) is 2.10. The van der Waals surface area contributed by atoms with Crippen LogP contribution in [0.1, 0.15) is 17.3 Å². The third-order valence-corrected chi connectivity index (χ3v) is 4.04. The molecule has 0 unspecified atom stereocenters. The first kappa shape index (κ1) is 13.7. The minimum absolute atomic E-state index is 0.0527. The summed E-state index contributed by atoms with van der Waals surface area (Å²) in [5.74, 6) is -0.693. The number of aromatic nitrogens is 2. The second-order valence-electron chi connectivity index (χ2n) is 3.49. The van der Waals surface area contributed by atoms with E-state index in [2.05, 4.69) is 5.10 Å². The van der Waals surface area contributed by atoms with Gasteiger partial charge in [0.1, 0.15) is 5.56 Å². The summed E-state index contributed by atoms with van der Waals surface area (Å²) in [5, 5.41) is 3.61. The molecule has 0 atom stereocenters. The van der Waals surface area contributed by atoms with E-state index in [0.717, 1.165) is 8.99 Å². The molecule has 1 heterocycles. The molecule has 0 aliphatic rings. The van der Waals surface area contributed by atoms with E-state index in [1.807, 2.05) is 0 Å². The van der Waals surface area contributed by atoms with Gasteiger partial charge >= 0.3 is 5.97 Å². The monoisotopic (exact) mass is 261 g/mol. The van der Waals surface area contributed by atoms with Crippen molar-refractivity contribution < 1.29 is 17.9 Å². The van der Waals surface area contributed by atoms with Gasteiger partial charge in [-0.15, -0.1) is 0 Å². The quantitative estimate of drug-likeness (QED) is 0.704. The molecular weight excluding hydrogens is 246 g/mol. The summed E-state index contributed by atoms with van der Waals surface area (Å²) in [6, 6.07) is 0. The molecule has 8 heteroatoms. The van der Waals surface area contributed by atoms with Crippen LogP contribution in [0.25, 0.3) is 0 Å². The molecule has 1 aromatic heterocycles. The van der Waals surface area contributed by atoms with Crippen LogP contribution in [0, 0.1) is 0 Å². The average Bonchev–Trinajstić information content (AvgIpc) is 2.60. The fourth-order valence-electron chi connectivity index (χ4n) is 1.25. The van der Waals surface area contributed by atoms with Crippen LogP contribution < -0.4 is 0 Å². The maximum absolute atomic E-state index is 12.0. The molecule has 0 amide bonds. The zero-order chi connectivity index (χ0) is 13.2. The fourth-order valence-corrected chi connectivity index (χ4v) is 2.39. The fraction of sp³-hybridized carbons (Fsp3) is 0.556. The van der Waals surface area contributed by atoms with E-state index in [1.54, 1.807) is 6.92 Å². The standard InChI is InChI=1S/C9H15N3O4S/c1-5-16-9(13)7-6-10-12(4)8(7)17(14,15)11(2)3/h6H,5H2,1-4H3. The van der Waals surface area contributed by atoms with Gasteiger partial charge in [-0.25, -0.2) is 17.5 Å². The summed E-state index contributed by atoms with van der Waals surface area (Å²) >= 11 is 0. The van der Waals surface area contributed by atoms with Crippen LogP contribution in [-0.4, -0.2) is 49.2 Å². The topological polar surface area (TPSA) is 81.5 Å². The number of carbonyl (C=O) groups excluding carboxylic acids is 1. The predicted molar refractivity (Wildman–Crippen MR) is 60.0 cm³/mol. The lowest BCUT2D eigenvalue weighted by Crippen LogP contribution is -2.26. The molecule has 0 aliphatic carbocycles. The largest absolute Gasteiger partial charge is 0.462 e. The molecule has 96 valence electrons. The summed E-state index contributed by atoms with van der Waals surface area (Å²) in [7, 11) is 0.505. The highest BCUT2D eigenvalue weighted by Crippen LogP contribution is 2.18. The van der Waals surface area contributed by atoms with Gasteiger partial charge in [0, 0.05) is 21.1 Å². The predicted octanol–water partition coefficient (Wildman–Crippen LogP) is -0.153. The van der Waals surface area contributed by atoms with Gasteiger partial charge in [-0.05, 0) is 6.92 Å². The Hall–Kier alpha value is -1.41. The van der Waals surface area contributed by atoms with Gasteiger partial charge in [0.2, 0.25) is 0 Å². The van der Waals surface area contributed by atoms with Crippen LogP contribution >= 0.6 is 0 Å². The summed E-state index contributed by atoms with van der Waals surface area (Å²) in [5.41, 5.74) is -0.0527. The number of carbonyl (C=O) groups is 1. The molecule has 0 spiro atoms. The maximum atomic E-state index is 12.0. The molecule has 1 rings (SSSR count). The molecule has 0 saturated heterocycles. The Kier molecular flexibility index (Phi) is 3.89. The Morgan fingerprint density at radius 3 is 2.59 bits per heavy atom. The number of rotatable bonds is 4. The van der Waals surface area contributed by atoms with Crippen molar-refractivity contribution in [2.75, 3.05) is 20.7 Å². The molecule has 17 heavy (non-hydrogen) atoms. The van der Waals surface area contributed by atoms with Gasteiger partial charge in [0.05, 0.1) is 12.8 Å². The van der Waals surface area contributed by atoms with Crippen LogP contribution in [0.2, 0.25) is 0 Å². The number of aryl methyl sites for hydroxylation is 1. The molecule has 0 aliphatic heterocycles. The van der Waals surface area contributed by atoms with Gasteiger partial charge in [-0.1, -0.05) is 0 Å². The number of sulfonamides is 1. The SMILES string of the molecule is CCOC(=O)c1cnn(C)c1S(=O)(=O)N(C)C. The van der Waals surface area contributed by atoms with Crippen molar-refractivity contribution in [3.8, 4) is 0 Å². The molecule has 0 fully saturated rings. The zero-order valence-corrected chi connectivity index (χ0v) is 11.0. The molecular formula is C9H15N3O4S. The maximum Gasteiger partial charge on any atom is 0.342 e. The Morgan fingerprint density at radius 1 is 1.53 bits per heavy atom. The van der Waals surface area contributed by atoms with Crippen LogP contribution in [0.3, 0.4) is 0 Å². The molecule has 0 bridgehead atoms. The van der Waals surface area contributed by atoms with Crippen molar-refractivity contribution in [3.05, 3.63) is 11.8 Å². The van der Waals surface area contributed by atoms with E-state index in [-0.39, 0.29) is 17.2 Å². The summed E-state index contributed by atoms with van der Waals surface area (Å²) in [6.07, 6.45) is 1.19. The minimum Gasteiger partial charge on any atom is -0.462 e. The van der Waals surface area contributed by atoms with E-state index in [4.69, 9.17) is 4.74 Å². The van der Waals surface area contributed by atoms with Crippen molar-refractivity contribution in [1.29, 1.82) is 0 Å². The highest BCUT2D eigenvalue weighted by Gasteiger charge is 2.29. The molecule has 0 N–H and O–H groups in total. The Labute approximate surface area is 100 Å². The van der Waals surface area contributed by atoms with Crippen molar-refractivity contribution in [2.24, 2.45) is 7.05 Å². The molecule has 7 nitrogen and oxygen atoms in total. The minimum atomic E-state index is -3.73. The van der Waals surface area contributed by atoms with E-state index >= 15 is 0 Å². The Bertz CT molecular complexity index is 518. The average molecular weight is 261 g/mol. The number of nitrogens with zero attached hydrogens (tertiary/aromatic N) is 3. The lowest BCUT2D eigenvalue weighted by atomic mass is 10.4. The van der Waals surface area contributed by atoms with Gasteiger partial charge in [0.25, 0.3) is 10.0 Å². The number of esters is 1. The van der Waals surface area contributed by atoms with Crippen molar-refractivity contribution in [1.82, 2.24) is 14.1 Å². The second-order valence-corrected chi connectivity index (χ2v) is 5.56. The molecule has 1 aromatic rings. The lowest BCUT2D eigenvalue weighted by Gasteiger charge is -2.12. The number of ether oxygens (including phenoxy) is 1. The molecule has 0 aromatic carbocycles. The van der Waals surface area contributed by atoms with Crippen LogP contribution in [0.15, 0.2) is 11.2 Å².